The quantitative estimate of drug-likeness (QED) is 0.831. The van der Waals surface area contributed by atoms with E-state index in [-0.39, 0.29) is 5.91 Å². The predicted octanol–water partition coefficient (Wildman–Crippen LogP) is 1.12. The van der Waals surface area contributed by atoms with E-state index < -0.39 is 11.6 Å². The second-order valence-electron chi connectivity index (χ2n) is 4.85. The summed E-state index contributed by atoms with van der Waals surface area (Å²) in [6.45, 7) is 2.84. The number of nitrogens with two attached hydrogens (primary N) is 1. The molecule has 1 aromatic heterocycles. The zero-order valence-electron chi connectivity index (χ0n) is 9.93. The molecule has 5 heteroatoms. The number of carbonyl (C=O) groups excluding carboxylic acids is 1. The maximum atomic E-state index is 12.2. The molecule has 1 aromatic rings. The highest BCUT2D eigenvalue weighted by atomic mass is 32.1. The molecule has 0 bridgehead atoms. The zero-order valence-corrected chi connectivity index (χ0v) is 10.7. The number of piperidine rings is 1. The van der Waals surface area contributed by atoms with Gasteiger partial charge in [0.05, 0.1) is 5.60 Å². The fraction of sp³-hybridized carbons (Fsp3) is 0.583. The molecule has 2 rings (SSSR count). The van der Waals surface area contributed by atoms with Gasteiger partial charge in [-0.1, -0.05) is 6.07 Å². The summed E-state index contributed by atoms with van der Waals surface area (Å²) in [5, 5.41) is 11.9. The lowest BCUT2D eigenvalue weighted by Gasteiger charge is -2.37. The van der Waals surface area contributed by atoms with Crippen molar-refractivity contribution in [2.24, 2.45) is 5.73 Å². The first-order chi connectivity index (χ1) is 7.99. The Kier molecular flexibility index (Phi) is 3.51. The highest BCUT2D eigenvalue weighted by molar-refractivity contribution is 7.10. The highest BCUT2D eigenvalue weighted by Gasteiger charge is 2.33. The van der Waals surface area contributed by atoms with E-state index in [4.69, 9.17) is 5.73 Å². The van der Waals surface area contributed by atoms with Crippen LogP contribution in [-0.2, 0) is 4.79 Å². The lowest BCUT2D eigenvalue weighted by atomic mass is 9.94. The summed E-state index contributed by atoms with van der Waals surface area (Å²) in [4.78, 5) is 14.7. The van der Waals surface area contributed by atoms with Crippen LogP contribution in [-0.4, -0.2) is 34.6 Å². The van der Waals surface area contributed by atoms with Gasteiger partial charge in [0.1, 0.15) is 6.04 Å². The summed E-state index contributed by atoms with van der Waals surface area (Å²) in [7, 11) is 0. The standard InChI is InChI=1S/C12H18N2O2S/c1-12(16)5-3-6-14(8-12)11(15)10(13)9-4-2-7-17-9/h2,4,7,10,16H,3,5-6,8,13H2,1H3. The van der Waals surface area contributed by atoms with Crippen molar-refractivity contribution in [2.45, 2.75) is 31.4 Å². The van der Waals surface area contributed by atoms with Crippen molar-refractivity contribution >= 4 is 17.2 Å². The van der Waals surface area contributed by atoms with Crippen LogP contribution in [0.3, 0.4) is 0 Å². The summed E-state index contributed by atoms with van der Waals surface area (Å²) >= 11 is 1.49. The Morgan fingerprint density at radius 1 is 1.71 bits per heavy atom. The minimum atomic E-state index is -0.775. The van der Waals surface area contributed by atoms with E-state index in [1.54, 1.807) is 11.8 Å². The number of rotatable bonds is 2. The molecule has 1 fully saturated rings. The normalized spacial score (nSPS) is 26.9. The van der Waals surface area contributed by atoms with Crippen molar-refractivity contribution in [3.63, 3.8) is 0 Å². The minimum Gasteiger partial charge on any atom is -0.388 e. The van der Waals surface area contributed by atoms with Crippen LogP contribution in [0, 0.1) is 0 Å². The molecule has 0 aromatic carbocycles. The molecule has 17 heavy (non-hydrogen) atoms. The maximum Gasteiger partial charge on any atom is 0.245 e. The molecule has 0 aliphatic carbocycles. The average Bonchev–Trinajstić information content (AvgIpc) is 2.79. The second kappa shape index (κ2) is 4.76. The maximum absolute atomic E-state index is 12.2. The van der Waals surface area contributed by atoms with Crippen LogP contribution in [0.5, 0.6) is 0 Å². The Morgan fingerprint density at radius 2 is 2.47 bits per heavy atom. The van der Waals surface area contributed by atoms with Crippen LogP contribution in [0.15, 0.2) is 17.5 Å². The topological polar surface area (TPSA) is 66.6 Å². The molecule has 4 nitrogen and oxygen atoms in total. The van der Waals surface area contributed by atoms with E-state index in [9.17, 15) is 9.90 Å². The average molecular weight is 254 g/mol. The molecule has 2 unspecified atom stereocenters. The monoisotopic (exact) mass is 254 g/mol. The zero-order chi connectivity index (χ0) is 12.5. The van der Waals surface area contributed by atoms with Gasteiger partial charge in [0.25, 0.3) is 0 Å². The molecule has 2 heterocycles. The van der Waals surface area contributed by atoms with E-state index in [0.29, 0.717) is 13.1 Å². The summed E-state index contributed by atoms with van der Waals surface area (Å²) < 4.78 is 0. The van der Waals surface area contributed by atoms with Gasteiger partial charge >= 0.3 is 0 Å². The van der Waals surface area contributed by atoms with Gasteiger partial charge < -0.3 is 15.7 Å². The Balaban J connectivity index is 2.05. The van der Waals surface area contributed by atoms with Crippen molar-refractivity contribution in [1.82, 2.24) is 4.90 Å². The molecule has 0 saturated carbocycles. The van der Waals surface area contributed by atoms with Gasteiger partial charge in [-0.3, -0.25) is 4.79 Å². The van der Waals surface area contributed by atoms with Crippen LogP contribution in [0.25, 0.3) is 0 Å². The third-order valence-electron chi connectivity index (χ3n) is 3.10. The number of amides is 1. The summed E-state index contributed by atoms with van der Waals surface area (Å²) in [5.41, 5.74) is 5.17. The highest BCUT2D eigenvalue weighted by Crippen LogP contribution is 2.24. The SMILES string of the molecule is CC1(O)CCCN(C(=O)C(N)c2cccs2)C1. The van der Waals surface area contributed by atoms with Crippen molar-refractivity contribution in [3.8, 4) is 0 Å². The first-order valence-corrected chi connectivity index (χ1v) is 6.68. The molecule has 94 valence electrons. The number of thiophene rings is 1. The van der Waals surface area contributed by atoms with Crippen LogP contribution in [0.1, 0.15) is 30.7 Å². The fourth-order valence-corrected chi connectivity index (χ4v) is 2.91. The van der Waals surface area contributed by atoms with Crippen molar-refractivity contribution in [2.75, 3.05) is 13.1 Å². The van der Waals surface area contributed by atoms with Crippen LogP contribution in [0.4, 0.5) is 0 Å². The van der Waals surface area contributed by atoms with Gasteiger partial charge in [0.15, 0.2) is 0 Å². The molecule has 1 saturated heterocycles. The molecule has 1 aliphatic heterocycles. The number of β-amino-alcohol motifs (C(OH)–C–C–N with tert-alkyl or cyclic N) is 1. The van der Waals surface area contributed by atoms with Crippen LogP contribution >= 0.6 is 11.3 Å². The van der Waals surface area contributed by atoms with Gasteiger partial charge in [-0.15, -0.1) is 11.3 Å². The lowest BCUT2D eigenvalue weighted by Crippen LogP contribution is -2.50. The third kappa shape index (κ3) is 2.86. The molecule has 1 aliphatic rings. The predicted molar refractivity (Wildman–Crippen MR) is 67.7 cm³/mol. The number of likely N-dealkylation sites (tertiary alicyclic amines) is 1. The summed E-state index contributed by atoms with van der Waals surface area (Å²) in [5.74, 6) is -0.0903. The number of hydrogen-bond donors (Lipinski definition) is 2. The van der Waals surface area contributed by atoms with Crippen LogP contribution in [0.2, 0.25) is 0 Å². The van der Waals surface area contributed by atoms with E-state index in [2.05, 4.69) is 0 Å². The Morgan fingerprint density at radius 3 is 3.06 bits per heavy atom. The summed E-state index contributed by atoms with van der Waals surface area (Å²) in [6, 6.07) is 3.17. The number of nitrogens with zero attached hydrogens (tertiary/aromatic N) is 1. The van der Waals surface area contributed by atoms with Gasteiger partial charge in [-0.05, 0) is 31.2 Å². The molecular weight excluding hydrogens is 236 g/mol. The van der Waals surface area contributed by atoms with E-state index in [1.807, 2.05) is 17.5 Å². The van der Waals surface area contributed by atoms with Gasteiger partial charge in [-0.25, -0.2) is 0 Å². The fourth-order valence-electron chi connectivity index (χ4n) is 2.19. The first-order valence-electron chi connectivity index (χ1n) is 5.80. The van der Waals surface area contributed by atoms with Crippen LogP contribution < -0.4 is 5.73 Å². The third-order valence-corrected chi connectivity index (χ3v) is 4.06. The Labute approximate surface area is 105 Å². The summed E-state index contributed by atoms with van der Waals surface area (Å²) in [6.07, 6.45) is 1.57. The first kappa shape index (κ1) is 12.5. The lowest BCUT2D eigenvalue weighted by molar-refractivity contribution is -0.139. The van der Waals surface area contributed by atoms with E-state index in [1.165, 1.54) is 11.3 Å². The Hall–Kier alpha value is -0.910. The molecule has 1 amide bonds. The minimum absolute atomic E-state index is 0.0903. The van der Waals surface area contributed by atoms with E-state index >= 15 is 0 Å². The molecule has 2 atom stereocenters. The molecule has 0 radical (unpaired) electrons. The molecular formula is C12H18N2O2S. The van der Waals surface area contributed by atoms with Crippen molar-refractivity contribution in [3.05, 3.63) is 22.4 Å². The van der Waals surface area contributed by atoms with Crippen molar-refractivity contribution in [1.29, 1.82) is 0 Å². The number of carbonyl (C=O) groups is 1. The smallest absolute Gasteiger partial charge is 0.245 e. The van der Waals surface area contributed by atoms with Gasteiger partial charge in [-0.2, -0.15) is 0 Å². The van der Waals surface area contributed by atoms with Crippen molar-refractivity contribution < 1.29 is 9.90 Å². The van der Waals surface area contributed by atoms with Gasteiger partial charge in [0, 0.05) is 18.0 Å². The largest absolute Gasteiger partial charge is 0.388 e. The van der Waals surface area contributed by atoms with E-state index in [0.717, 1.165) is 17.7 Å². The van der Waals surface area contributed by atoms with Gasteiger partial charge in [0.2, 0.25) is 5.91 Å². The number of hydrogen-bond acceptors (Lipinski definition) is 4. The Bertz CT molecular complexity index is 389. The molecule has 3 N–H and O–H groups in total. The molecule has 0 spiro atoms. The second-order valence-corrected chi connectivity index (χ2v) is 5.83. The number of aliphatic hydroxyl groups is 1.